The summed E-state index contributed by atoms with van der Waals surface area (Å²) < 4.78 is 14.3. The average molecular weight is 236 g/mol. The minimum atomic E-state index is -4.71. The van der Waals surface area contributed by atoms with Crippen LogP contribution in [0.25, 0.3) is 0 Å². The van der Waals surface area contributed by atoms with Gasteiger partial charge < -0.3 is 4.52 Å². The van der Waals surface area contributed by atoms with Crippen molar-refractivity contribution in [2.45, 2.75) is 39.5 Å². The molecule has 0 aliphatic carbocycles. The summed E-state index contributed by atoms with van der Waals surface area (Å²) in [7, 11) is -4.71. The van der Waals surface area contributed by atoms with Gasteiger partial charge in [0.2, 0.25) is 0 Å². The van der Waals surface area contributed by atoms with E-state index in [4.69, 9.17) is 9.79 Å². The van der Waals surface area contributed by atoms with Gasteiger partial charge >= 0.3 is 13.8 Å². The van der Waals surface area contributed by atoms with Crippen LogP contribution in [0.4, 0.5) is 0 Å². The molecule has 0 unspecified atom stereocenters. The van der Waals surface area contributed by atoms with Crippen LogP contribution < -0.4 is 0 Å². The van der Waals surface area contributed by atoms with Crippen LogP contribution in [0.2, 0.25) is 0 Å². The van der Waals surface area contributed by atoms with Crippen LogP contribution >= 0.6 is 7.82 Å². The summed E-state index contributed by atoms with van der Waals surface area (Å²) in [6.07, 6.45) is 4.42. The molecule has 0 atom stereocenters. The molecule has 0 aliphatic heterocycles. The zero-order valence-electron chi connectivity index (χ0n) is 8.97. The highest BCUT2D eigenvalue weighted by Crippen LogP contribution is 2.36. The largest absolute Gasteiger partial charge is 0.527 e. The van der Waals surface area contributed by atoms with E-state index in [2.05, 4.69) is 4.52 Å². The van der Waals surface area contributed by atoms with Gasteiger partial charge in [-0.2, -0.15) is 0 Å². The lowest BCUT2D eigenvalue weighted by molar-refractivity contribution is -0.130. The van der Waals surface area contributed by atoms with Gasteiger partial charge in [-0.3, -0.25) is 9.79 Å². The monoisotopic (exact) mass is 236 g/mol. The maximum Gasteiger partial charge on any atom is 0.527 e. The lowest BCUT2D eigenvalue weighted by Crippen LogP contribution is -2.00. The first-order valence-electron chi connectivity index (χ1n) is 4.87. The van der Waals surface area contributed by atoms with Gasteiger partial charge in [-0.05, 0) is 12.8 Å². The number of hydrogen-bond acceptors (Lipinski definition) is 3. The minimum absolute atomic E-state index is 0.740. The fourth-order valence-electron chi connectivity index (χ4n) is 1.22. The van der Waals surface area contributed by atoms with E-state index in [9.17, 15) is 9.36 Å². The third-order valence-corrected chi connectivity index (χ3v) is 2.09. The standard InChI is InChI=1S/C9H17O5P/c1-3-5-8(6-4-2)7-9(10)14-15(11,12)13/h7H,3-6H2,1-2H3,(H2,11,12,13). The zero-order valence-corrected chi connectivity index (χ0v) is 9.87. The quantitative estimate of drug-likeness (QED) is 0.545. The molecular weight excluding hydrogens is 219 g/mol. The summed E-state index contributed by atoms with van der Waals surface area (Å²) in [5, 5.41) is 0. The number of hydrogen-bond donors (Lipinski definition) is 2. The third-order valence-electron chi connectivity index (χ3n) is 1.67. The lowest BCUT2D eigenvalue weighted by atomic mass is 10.1. The van der Waals surface area contributed by atoms with Crippen LogP contribution in [0.15, 0.2) is 11.6 Å². The highest BCUT2D eigenvalue weighted by atomic mass is 31.2. The van der Waals surface area contributed by atoms with E-state index >= 15 is 0 Å². The molecule has 0 spiro atoms. The molecule has 0 saturated carbocycles. The number of rotatable bonds is 6. The van der Waals surface area contributed by atoms with Crippen molar-refractivity contribution in [1.29, 1.82) is 0 Å². The topological polar surface area (TPSA) is 83.8 Å². The molecule has 0 fully saturated rings. The SMILES string of the molecule is CCCC(=CC(=O)OP(=O)(O)O)CCC. The highest BCUT2D eigenvalue weighted by Gasteiger charge is 2.18. The maximum absolute atomic E-state index is 11.0. The Morgan fingerprint density at radius 3 is 2.07 bits per heavy atom. The first kappa shape index (κ1) is 14.4. The molecule has 5 nitrogen and oxygen atoms in total. The van der Waals surface area contributed by atoms with Gasteiger partial charge in [-0.25, -0.2) is 9.36 Å². The Morgan fingerprint density at radius 1 is 1.27 bits per heavy atom. The first-order valence-corrected chi connectivity index (χ1v) is 6.40. The van der Waals surface area contributed by atoms with Crippen LogP contribution in [0.1, 0.15) is 39.5 Å². The van der Waals surface area contributed by atoms with Gasteiger partial charge in [0, 0.05) is 6.08 Å². The molecule has 0 rings (SSSR count). The van der Waals surface area contributed by atoms with Crippen LogP contribution in [0, 0.1) is 0 Å². The van der Waals surface area contributed by atoms with Crippen molar-refractivity contribution >= 4 is 13.8 Å². The van der Waals surface area contributed by atoms with Gasteiger partial charge in [-0.1, -0.05) is 32.3 Å². The second-order valence-electron chi connectivity index (χ2n) is 3.20. The summed E-state index contributed by atoms with van der Waals surface area (Å²) in [4.78, 5) is 27.8. The zero-order chi connectivity index (χ0) is 11.9. The summed E-state index contributed by atoms with van der Waals surface area (Å²) >= 11 is 0. The Morgan fingerprint density at radius 2 is 1.73 bits per heavy atom. The molecule has 2 N–H and O–H groups in total. The van der Waals surface area contributed by atoms with Crippen molar-refractivity contribution in [2.75, 3.05) is 0 Å². The van der Waals surface area contributed by atoms with Crippen molar-refractivity contribution in [3.8, 4) is 0 Å². The van der Waals surface area contributed by atoms with Crippen molar-refractivity contribution in [3.63, 3.8) is 0 Å². The second-order valence-corrected chi connectivity index (χ2v) is 4.37. The molecule has 0 aromatic heterocycles. The predicted molar refractivity (Wildman–Crippen MR) is 56.0 cm³/mol. The molecule has 0 radical (unpaired) electrons. The smallest absolute Gasteiger partial charge is 0.367 e. The van der Waals surface area contributed by atoms with Crippen LogP contribution in [0.3, 0.4) is 0 Å². The molecule has 0 aliphatic rings. The highest BCUT2D eigenvalue weighted by molar-refractivity contribution is 7.46. The van der Waals surface area contributed by atoms with Crippen molar-refractivity contribution < 1.29 is 23.7 Å². The van der Waals surface area contributed by atoms with Crippen molar-refractivity contribution in [2.24, 2.45) is 0 Å². The maximum atomic E-state index is 11.0. The summed E-state index contributed by atoms with van der Waals surface area (Å²) in [6, 6.07) is 0. The van der Waals surface area contributed by atoms with E-state index in [-0.39, 0.29) is 0 Å². The van der Waals surface area contributed by atoms with Gasteiger partial charge in [0.1, 0.15) is 0 Å². The van der Waals surface area contributed by atoms with E-state index in [0.717, 1.165) is 31.3 Å². The van der Waals surface area contributed by atoms with Gasteiger partial charge in [0.05, 0.1) is 0 Å². The molecule has 0 aromatic rings. The number of carbonyl (C=O) groups excluding carboxylic acids is 1. The molecule has 0 amide bonds. The molecule has 6 heteroatoms. The Kier molecular flexibility index (Phi) is 6.48. The summed E-state index contributed by atoms with van der Waals surface area (Å²) in [6.45, 7) is 3.94. The lowest BCUT2D eigenvalue weighted by Gasteiger charge is -2.05. The molecule has 15 heavy (non-hydrogen) atoms. The Labute approximate surface area is 89.4 Å². The molecule has 88 valence electrons. The second kappa shape index (κ2) is 6.77. The summed E-state index contributed by atoms with van der Waals surface area (Å²) in [5.74, 6) is -0.972. The fourth-order valence-corrected chi connectivity index (χ4v) is 1.51. The number of allylic oxidation sites excluding steroid dienone is 1. The third kappa shape index (κ3) is 8.36. The van der Waals surface area contributed by atoms with Crippen LogP contribution in [0.5, 0.6) is 0 Å². The minimum Gasteiger partial charge on any atom is -0.367 e. The van der Waals surface area contributed by atoms with E-state index in [0.29, 0.717) is 0 Å². The predicted octanol–water partition coefficient (Wildman–Crippen LogP) is 2.15. The van der Waals surface area contributed by atoms with E-state index in [1.807, 2.05) is 13.8 Å². The Balaban J connectivity index is 4.39. The molecule has 0 bridgehead atoms. The summed E-state index contributed by atoms with van der Waals surface area (Å²) in [5.41, 5.74) is 0.860. The van der Waals surface area contributed by atoms with Crippen molar-refractivity contribution in [3.05, 3.63) is 11.6 Å². The number of carbonyl (C=O) groups is 1. The Hall–Kier alpha value is -0.640. The van der Waals surface area contributed by atoms with E-state index in [1.165, 1.54) is 6.08 Å². The van der Waals surface area contributed by atoms with Crippen LogP contribution in [-0.4, -0.2) is 15.8 Å². The molecule has 0 heterocycles. The average Bonchev–Trinajstić information content (AvgIpc) is 2.00. The Bertz CT molecular complexity index is 270. The van der Waals surface area contributed by atoms with Crippen LogP contribution in [-0.2, 0) is 13.9 Å². The van der Waals surface area contributed by atoms with E-state index in [1.54, 1.807) is 0 Å². The molecule has 0 aromatic carbocycles. The normalized spacial score (nSPS) is 10.9. The number of phosphoric ester groups is 1. The van der Waals surface area contributed by atoms with E-state index < -0.39 is 13.8 Å². The molecular formula is C9H17O5P. The van der Waals surface area contributed by atoms with Crippen molar-refractivity contribution in [1.82, 2.24) is 0 Å². The number of phosphoric acid groups is 1. The fraction of sp³-hybridized carbons (Fsp3) is 0.667. The van der Waals surface area contributed by atoms with Gasteiger partial charge in [0.15, 0.2) is 0 Å². The molecule has 0 saturated heterocycles. The first-order chi connectivity index (χ1) is 6.89. The van der Waals surface area contributed by atoms with Gasteiger partial charge in [-0.15, -0.1) is 0 Å². The van der Waals surface area contributed by atoms with Gasteiger partial charge in [0.25, 0.3) is 0 Å².